The van der Waals surface area contributed by atoms with E-state index in [2.05, 4.69) is 90.1 Å². The number of hydrogen-bond acceptors (Lipinski definition) is 0. The summed E-state index contributed by atoms with van der Waals surface area (Å²) < 4.78 is 1.14. The number of hydrogen-bond donors (Lipinski definition) is 0. The van der Waals surface area contributed by atoms with E-state index in [1.165, 1.54) is 21.0 Å². The molecular formula is C20H27AlP. The number of benzene rings is 2. The van der Waals surface area contributed by atoms with Crippen molar-refractivity contribution in [2.75, 3.05) is 0 Å². The van der Waals surface area contributed by atoms with E-state index < -0.39 is 0 Å². The van der Waals surface area contributed by atoms with Crippen molar-refractivity contribution in [1.82, 2.24) is 0 Å². The highest BCUT2D eigenvalue weighted by Gasteiger charge is 2.22. The first-order chi connectivity index (χ1) is 10.2. The van der Waals surface area contributed by atoms with Crippen LogP contribution in [0.15, 0.2) is 48.5 Å². The van der Waals surface area contributed by atoms with Crippen LogP contribution in [0.25, 0.3) is 21.0 Å². The molecule has 3 rings (SSSR count). The highest BCUT2D eigenvalue weighted by atomic mass is 31.0. The van der Waals surface area contributed by atoms with Crippen molar-refractivity contribution in [2.24, 2.45) is 0 Å². The van der Waals surface area contributed by atoms with Gasteiger partial charge in [-0.25, -0.2) is 0 Å². The zero-order valence-electron chi connectivity index (χ0n) is 14.7. The Morgan fingerprint density at radius 2 is 1.00 bits per heavy atom. The van der Waals surface area contributed by atoms with Gasteiger partial charge >= 0.3 is 0 Å². The van der Waals surface area contributed by atoms with E-state index in [0.717, 1.165) is 8.19 Å². The lowest BCUT2D eigenvalue weighted by atomic mass is 10.2. The maximum absolute atomic E-state index is 2.33. The summed E-state index contributed by atoms with van der Waals surface area (Å²) >= 11 is 0.569. The zero-order valence-corrected chi connectivity index (χ0v) is 16.9. The molecule has 1 heterocycles. The minimum absolute atomic E-state index is 0.568. The Morgan fingerprint density at radius 3 is 1.32 bits per heavy atom. The standard InChI is InChI=1S/C12H9P.2C4H9.Al/c1-3-7-11-9(5-1)10-6-2-4-8-12(10)13-11;2*1-4(2)3;/h1-8,13H;2*1-3H3;. The fourth-order valence-corrected chi connectivity index (χ4v) is 7.05. The molecule has 0 bridgehead atoms. The first-order valence-electron chi connectivity index (χ1n) is 7.98. The van der Waals surface area contributed by atoms with Crippen LogP contribution in [0.3, 0.4) is 0 Å². The lowest BCUT2D eigenvalue weighted by Crippen LogP contribution is -2.18. The molecule has 0 aliphatic carbocycles. The predicted molar refractivity (Wildman–Crippen MR) is 106 cm³/mol. The molecule has 3 aromatic rings. The largest absolute Gasteiger partial charge is 0.218 e. The molecule has 115 valence electrons. The van der Waals surface area contributed by atoms with Crippen LogP contribution in [0.4, 0.5) is 0 Å². The zero-order chi connectivity index (χ0) is 16.4. The van der Waals surface area contributed by atoms with E-state index in [1.807, 2.05) is 0 Å². The Kier molecular flexibility index (Phi) is 5.45. The first-order valence-corrected chi connectivity index (χ1v) is 10.1. The van der Waals surface area contributed by atoms with Gasteiger partial charge in [0.1, 0.15) is 0 Å². The molecule has 2 aromatic carbocycles. The smallest absolute Gasteiger partial charge is 0.123 e. The van der Waals surface area contributed by atoms with E-state index in [4.69, 9.17) is 0 Å². The second-order valence-electron chi connectivity index (χ2n) is 8.09. The van der Waals surface area contributed by atoms with Crippen LogP contribution in [0.2, 0.25) is 8.55 Å². The van der Waals surface area contributed by atoms with E-state index in [-0.39, 0.29) is 0 Å². The van der Waals surface area contributed by atoms with Gasteiger partial charge in [0, 0.05) is 0 Å². The average Bonchev–Trinajstić information content (AvgIpc) is 2.73. The van der Waals surface area contributed by atoms with Gasteiger partial charge in [-0.3, -0.25) is 0 Å². The van der Waals surface area contributed by atoms with Crippen LogP contribution in [-0.4, -0.2) is 15.2 Å². The Bertz CT molecular complexity index is 679. The van der Waals surface area contributed by atoms with Gasteiger partial charge in [0.25, 0.3) is 0 Å². The Balaban J connectivity index is 0.000000175. The van der Waals surface area contributed by atoms with Gasteiger partial charge in [0.15, 0.2) is 0 Å². The molecule has 0 saturated heterocycles. The van der Waals surface area contributed by atoms with Crippen molar-refractivity contribution < 1.29 is 0 Å². The average molecular weight is 325 g/mol. The van der Waals surface area contributed by atoms with E-state index >= 15 is 0 Å². The van der Waals surface area contributed by atoms with Crippen molar-refractivity contribution in [3.8, 4) is 0 Å². The molecular weight excluding hydrogens is 298 g/mol. The summed E-state index contributed by atoms with van der Waals surface area (Å²) in [5, 5.41) is 5.83. The number of rotatable bonds is 0. The third kappa shape index (κ3) is 5.17. The third-order valence-electron chi connectivity index (χ3n) is 3.28. The van der Waals surface area contributed by atoms with Gasteiger partial charge < -0.3 is 0 Å². The minimum atomic E-state index is 0.568. The fourth-order valence-electron chi connectivity index (χ4n) is 3.10. The molecule has 0 fully saturated rings. The topological polar surface area (TPSA) is 0 Å². The molecule has 0 unspecified atom stereocenters. The molecule has 0 nitrogen and oxygen atoms in total. The van der Waals surface area contributed by atoms with Crippen molar-refractivity contribution in [3.05, 3.63) is 48.5 Å². The monoisotopic (exact) mass is 325 g/mol. The molecule has 2 heteroatoms. The van der Waals surface area contributed by atoms with E-state index in [1.54, 1.807) is 0 Å². The highest BCUT2D eigenvalue weighted by molar-refractivity contribution is 7.43. The predicted octanol–water partition coefficient (Wildman–Crippen LogP) is 7.15. The Labute approximate surface area is 143 Å². The summed E-state index contributed by atoms with van der Waals surface area (Å²) in [6, 6.07) is 17.4. The lowest BCUT2D eigenvalue weighted by molar-refractivity contribution is 0.668. The molecule has 0 spiro atoms. The molecule has 22 heavy (non-hydrogen) atoms. The Morgan fingerprint density at radius 1 is 0.636 bits per heavy atom. The van der Waals surface area contributed by atoms with Crippen molar-refractivity contribution in [1.29, 1.82) is 0 Å². The quantitative estimate of drug-likeness (QED) is 0.385. The van der Waals surface area contributed by atoms with Gasteiger partial charge in [-0.2, -0.15) is 0 Å². The van der Waals surface area contributed by atoms with Crippen LogP contribution in [0.1, 0.15) is 41.5 Å². The van der Waals surface area contributed by atoms with Gasteiger partial charge in [0.05, 0.1) is 0 Å². The molecule has 0 saturated carbocycles. The second-order valence-corrected chi connectivity index (χ2v) is 13.2. The highest BCUT2D eigenvalue weighted by Crippen LogP contribution is 2.37. The minimum Gasteiger partial charge on any atom is -0.123 e. The normalized spacial score (nSPS) is 12.1. The summed E-state index contributed by atoms with van der Waals surface area (Å²) in [5.74, 6) is 0. The SMILES string of the molecule is C[C](C)(C)[Al][C](C)(C)C.c1ccc2c(c1)[pH]c1ccccc12. The molecule has 0 aliphatic heterocycles. The molecule has 0 amide bonds. The maximum Gasteiger partial charge on any atom is 0.218 e. The summed E-state index contributed by atoms with van der Waals surface area (Å²) in [7, 11) is 0.851. The Hall–Kier alpha value is -0.728. The van der Waals surface area contributed by atoms with Gasteiger partial charge in [-0.15, -0.1) is 8.19 Å². The van der Waals surface area contributed by atoms with Crippen molar-refractivity contribution in [3.63, 3.8) is 0 Å². The first kappa shape index (κ1) is 17.6. The van der Waals surface area contributed by atoms with Gasteiger partial charge in [-0.05, 0) is 21.0 Å². The molecule has 0 aliphatic rings. The summed E-state index contributed by atoms with van der Waals surface area (Å²) in [5.41, 5.74) is 0. The number of fused-ring (bicyclic) bond motifs is 3. The molecule has 1 aromatic heterocycles. The van der Waals surface area contributed by atoms with Gasteiger partial charge in [0.2, 0.25) is 15.2 Å². The van der Waals surface area contributed by atoms with Crippen LogP contribution in [-0.2, 0) is 0 Å². The fraction of sp³-hybridized carbons (Fsp3) is 0.400. The second kappa shape index (κ2) is 6.80. The molecule has 0 N–H and O–H groups in total. The van der Waals surface area contributed by atoms with Crippen molar-refractivity contribution >= 4 is 44.4 Å². The van der Waals surface area contributed by atoms with Crippen LogP contribution in [0, 0.1) is 0 Å². The maximum atomic E-state index is 2.33. The van der Waals surface area contributed by atoms with E-state index in [9.17, 15) is 0 Å². The van der Waals surface area contributed by atoms with Crippen LogP contribution in [0.5, 0.6) is 0 Å². The van der Waals surface area contributed by atoms with E-state index in [0.29, 0.717) is 23.8 Å². The third-order valence-corrected chi connectivity index (χ3v) is 6.42. The molecule has 0 atom stereocenters. The summed E-state index contributed by atoms with van der Waals surface area (Å²) in [6.07, 6.45) is 0. The summed E-state index contributed by atoms with van der Waals surface area (Å²) in [4.78, 5) is 0. The van der Waals surface area contributed by atoms with Crippen LogP contribution >= 0.6 is 8.19 Å². The van der Waals surface area contributed by atoms with Gasteiger partial charge in [-0.1, -0.05) is 98.6 Å². The lowest BCUT2D eigenvalue weighted by Gasteiger charge is -2.26. The van der Waals surface area contributed by atoms with Crippen LogP contribution < -0.4 is 0 Å². The summed E-state index contributed by atoms with van der Waals surface area (Å²) in [6.45, 7) is 14.0. The molecule has 1 radical (unpaired) electrons. The van der Waals surface area contributed by atoms with Crippen molar-refractivity contribution in [2.45, 2.75) is 50.1 Å².